The average molecular weight is 624 g/mol. The Morgan fingerprint density at radius 3 is 2.53 bits per heavy atom. The van der Waals surface area contributed by atoms with Crippen molar-refractivity contribution in [3.05, 3.63) is 65.6 Å². The Kier molecular flexibility index (Phi) is 11.6. The van der Waals surface area contributed by atoms with E-state index in [2.05, 4.69) is 20.9 Å². The monoisotopic (exact) mass is 623 g/mol. The molecule has 11 heteroatoms. The Hall–Kier alpha value is -3.96. The lowest BCUT2D eigenvalue weighted by atomic mass is 9.99. The number of aliphatic hydroxyl groups is 1. The quantitative estimate of drug-likeness (QED) is 0.297. The molecule has 5 N–H and O–H groups in total. The molecule has 244 valence electrons. The number of aromatic nitrogens is 1. The van der Waals surface area contributed by atoms with Crippen LogP contribution in [0.2, 0.25) is 0 Å². The molecule has 1 aliphatic rings. The normalized spacial score (nSPS) is 23.5. The van der Waals surface area contributed by atoms with Crippen LogP contribution in [0.15, 0.2) is 48.7 Å². The number of rotatable bonds is 5. The summed E-state index contributed by atoms with van der Waals surface area (Å²) in [6, 6.07) is 8.99. The van der Waals surface area contributed by atoms with Crippen LogP contribution in [0, 0.1) is 11.7 Å². The number of aromatic amines is 1. The van der Waals surface area contributed by atoms with Crippen LogP contribution < -0.4 is 20.7 Å². The van der Waals surface area contributed by atoms with Gasteiger partial charge in [0.05, 0.1) is 12.1 Å². The molecular weight excluding hydrogens is 577 g/mol. The van der Waals surface area contributed by atoms with Gasteiger partial charge in [-0.1, -0.05) is 45.0 Å². The summed E-state index contributed by atoms with van der Waals surface area (Å²) in [4.78, 5) is 45.9. The summed E-state index contributed by atoms with van der Waals surface area (Å²) in [5.74, 6) is -1.54. The standard InChI is InChI=1S/C34H46FN5O5/c1-6-25-14-12-22-11-13-24(35)18-29(22)45-16-15-36-30(20(2)3)34(44)40(5)31(21(4)41)33(43)39-28(32(42)38-25)17-23-19-37-27-10-8-7-9-26(23)27/h7-11,13,18-21,25,28,30-31,36-37,41H,6,12,14-17H2,1-5H3,(H,38,42)(H,39,43)/t21?,25-,28-,30+,31+/m1/s1. The lowest BCUT2D eigenvalue weighted by Crippen LogP contribution is -2.61. The third-order valence-electron chi connectivity index (χ3n) is 8.51. The third kappa shape index (κ3) is 8.40. The molecule has 0 aliphatic carbocycles. The number of nitrogens with one attached hydrogen (secondary N) is 4. The lowest BCUT2D eigenvalue weighted by Gasteiger charge is -2.34. The molecule has 0 bridgehead atoms. The highest BCUT2D eigenvalue weighted by Crippen LogP contribution is 2.23. The summed E-state index contributed by atoms with van der Waals surface area (Å²) in [6.07, 6.45) is 2.53. The van der Waals surface area contributed by atoms with E-state index in [1.165, 1.54) is 31.0 Å². The number of halogens is 1. The number of carbonyl (C=O) groups is 3. The molecule has 0 radical (unpaired) electrons. The average Bonchev–Trinajstić information content (AvgIpc) is 3.41. The molecule has 3 amide bonds. The predicted molar refractivity (Wildman–Crippen MR) is 171 cm³/mol. The summed E-state index contributed by atoms with van der Waals surface area (Å²) in [5.41, 5.74) is 2.56. The molecule has 1 aromatic heterocycles. The first kappa shape index (κ1) is 33.9. The molecule has 3 aromatic rings. The SMILES string of the molecule is CC[C@@H]1CCc2ccc(F)cc2OCCN[C@@H](C(C)C)C(=O)N(C)[C@@H](C(C)O)C(=O)N[C@H](Cc2c[nH]c3ccccc23)C(=O)N1. The fraction of sp³-hybridized carbons (Fsp3) is 0.500. The molecule has 0 saturated carbocycles. The van der Waals surface area contributed by atoms with Crippen LogP contribution in [-0.4, -0.2) is 83.2 Å². The minimum Gasteiger partial charge on any atom is -0.492 e. The van der Waals surface area contributed by atoms with E-state index in [4.69, 9.17) is 4.74 Å². The maximum Gasteiger partial charge on any atom is 0.246 e. The second-order valence-corrected chi connectivity index (χ2v) is 12.2. The molecule has 2 aromatic carbocycles. The number of aryl methyl sites for hydroxylation is 1. The van der Waals surface area contributed by atoms with Crippen molar-refractivity contribution in [3.8, 4) is 5.75 Å². The minimum absolute atomic E-state index is 0.153. The minimum atomic E-state index is -1.24. The van der Waals surface area contributed by atoms with Crippen molar-refractivity contribution >= 4 is 28.6 Å². The van der Waals surface area contributed by atoms with Crippen molar-refractivity contribution in [1.82, 2.24) is 25.8 Å². The Labute approximate surface area is 264 Å². The first-order chi connectivity index (χ1) is 21.5. The summed E-state index contributed by atoms with van der Waals surface area (Å²) in [7, 11) is 1.48. The van der Waals surface area contributed by atoms with Gasteiger partial charge in [-0.3, -0.25) is 14.4 Å². The van der Waals surface area contributed by atoms with Crippen LogP contribution in [-0.2, 0) is 27.2 Å². The molecule has 0 saturated heterocycles. The van der Waals surface area contributed by atoms with E-state index in [1.54, 1.807) is 6.07 Å². The van der Waals surface area contributed by atoms with Gasteiger partial charge in [-0.15, -0.1) is 0 Å². The third-order valence-corrected chi connectivity index (χ3v) is 8.51. The highest BCUT2D eigenvalue weighted by atomic mass is 19.1. The van der Waals surface area contributed by atoms with E-state index in [1.807, 2.05) is 51.2 Å². The smallest absolute Gasteiger partial charge is 0.246 e. The number of likely N-dealkylation sites (N-methyl/N-ethyl adjacent to an activating group) is 1. The molecule has 0 spiro atoms. The van der Waals surface area contributed by atoms with E-state index in [0.717, 1.165) is 22.0 Å². The van der Waals surface area contributed by atoms with Gasteiger partial charge >= 0.3 is 0 Å². The molecule has 2 heterocycles. The molecule has 0 fully saturated rings. The van der Waals surface area contributed by atoms with E-state index in [0.29, 0.717) is 31.6 Å². The van der Waals surface area contributed by atoms with Gasteiger partial charge in [0.15, 0.2) is 0 Å². The number of carbonyl (C=O) groups excluding carboxylic acids is 3. The number of ether oxygens (including phenoxy) is 1. The van der Waals surface area contributed by atoms with Gasteiger partial charge in [-0.05, 0) is 55.4 Å². The highest BCUT2D eigenvalue weighted by molar-refractivity contribution is 5.94. The Bertz CT molecular complexity index is 1470. The summed E-state index contributed by atoms with van der Waals surface area (Å²) in [5, 5.41) is 20.8. The van der Waals surface area contributed by atoms with Crippen LogP contribution in [0.25, 0.3) is 10.9 Å². The molecule has 10 nitrogen and oxygen atoms in total. The summed E-state index contributed by atoms with van der Waals surface area (Å²) >= 11 is 0. The van der Waals surface area contributed by atoms with E-state index in [-0.39, 0.29) is 36.8 Å². The predicted octanol–water partition coefficient (Wildman–Crippen LogP) is 3.08. The molecule has 5 atom stereocenters. The van der Waals surface area contributed by atoms with Crippen LogP contribution in [0.3, 0.4) is 0 Å². The number of hydrogen-bond acceptors (Lipinski definition) is 6. The van der Waals surface area contributed by atoms with Gasteiger partial charge in [0.25, 0.3) is 0 Å². The van der Waals surface area contributed by atoms with Gasteiger partial charge in [-0.2, -0.15) is 0 Å². The zero-order chi connectivity index (χ0) is 32.7. The molecule has 1 unspecified atom stereocenters. The number of amides is 3. The fourth-order valence-corrected chi connectivity index (χ4v) is 5.92. The number of H-pyrrole nitrogens is 1. The van der Waals surface area contributed by atoms with Crippen LogP contribution >= 0.6 is 0 Å². The maximum absolute atomic E-state index is 14.2. The molecule has 4 rings (SSSR count). The Morgan fingerprint density at radius 1 is 1.07 bits per heavy atom. The van der Waals surface area contributed by atoms with Crippen LogP contribution in [0.1, 0.15) is 51.7 Å². The van der Waals surface area contributed by atoms with Gasteiger partial charge in [-0.25, -0.2) is 4.39 Å². The number of nitrogens with zero attached hydrogens (tertiary/aromatic N) is 1. The summed E-state index contributed by atoms with van der Waals surface area (Å²) in [6.45, 7) is 7.65. The number of hydrogen-bond donors (Lipinski definition) is 5. The number of para-hydroxylation sites is 1. The molecule has 45 heavy (non-hydrogen) atoms. The zero-order valence-corrected chi connectivity index (χ0v) is 26.7. The Morgan fingerprint density at radius 2 is 1.82 bits per heavy atom. The van der Waals surface area contributed by atoms with Crippen molar-refractivity contribution in [1.29, 1.82) is 0 Å². The lowest BCUT2D eigenvalue weighted by molar-refractivity contribution is -0.145. The van der Waals surface area contributed by atoms with E-state index >= 15 is 0 Å². The van der Waals surface area contributed by atoms with Crippen molar-refractivity contribution < 1.29 is 28.6 Å². The van der Waals surface area contributed by atoms with Crippen LogP contribution in [0.5, 0.6) is 5.75 Å². The molecule has 1 aliphatic heterocycles. The summed E-state index contributed by atoms with van der Waals surface area (Å²) < 4.78 is 20.1. The fourth-order valence-electron chi connectivity index (χ4n) is 5.92. The second-order valence-electron chi connectivity index (χ2n) is 12.2. The van der Waals surface area contributed by atoms with Gasteiger partial charge in [0.1, 0.15) is 30.3 Å². The Balaban J connectivity index is 1.70. The largest absolute Gasteiger partial charge is 0.492 e. The second kappa shape index (κ2) is 15.4. The molecular formula is C34H46FN5O5. The first-order valence-electron chi connectivity index (χ1n) is 15.7. The highest BCUT2D eigenvalue weighted by Gasteiger charge is 2.37. The van der Waals surface area contributed by atoms with Crippen molar-refractivity contribution in [2.24, 2.45) is 5.92 Å². The van der Waals surface area contributed by atoms with Crippen molar-refractivity contribution in [2.75, 3.05) is 20.2 Å². The van der Waals surface area contributed by atoms with Gasteiger partial charge < -0.3 is 35.7 Å². The van der Waals surface area contributed by atoms with E-state index < -0.39 is 36.0 Å². The van der Waals surface area contributed by atoms with Crippen LogP contribution in [0.4, 0.5) is 4.39 Å². The number of fused-ring (bicyclic) bond motifs is 2. The topological polar surface area (TPSA) is 136 Å². The maximum atomic E-state index is 14.2. The van der Waals surface area contributed by atoms with Crippen molar-refractivity contribution in [3.63, 3.8) is 0 Å². The first-order valence-corrected chi connectivity index (χ1v) is 15.7. The van der Waals surface area contributed by atoms with Crippen molar-refractivity contribution in [2.45, 2.75) is 83.6 Å². The number of benzene rings is 2. The van der Waals surface area contributed by atoms with E-state index in [9.17, 15) is 23.9 Å². The van der Waals surface area contributed by atoms with Gasteiger partial charge in [0, 0.05) is 49.2 Å². The zero-order valence-electron chi connectivity index (χ0n) is 26.7. The number of aliphatic hydroxyl groups excluding tert-OH is 1. The van der Waals surface area contributed by atoms with Gasteiger partial charge in [0.2, 0.25) is 17.7 Å².